The minimum Gasteiger partial charge on any atom is -0.504 e. The first-order valence-electron chi connectivity index (χ1n) is 6.75. The fraction of sp³-hybridized carbons (Fsp3) is 0.294. The summed E-state index contributed by atoms with van der Waals surface area (Å²) in [5.41, 5.74) is 3.84. The van der Waals surface area contributed by atoms with Gasteiger partial charge in [0.2, 0.25) is 0 Å². The van der Waals surface area contributed by atoms with Crippen LogP contribution < -0.4 is 0 Å². The lowest BCUT2D eigenvalue weighted by atomic mass is 9.92. The maximum Gasteiger partial charge on any atom is 0.165 e. The largest absolute Gasteiger partial charge is 0.504 e. The predicted octanol–water partition coefficient (Wildman–Crippen LogP) is 4.42. The van der Waals surface area contributed by atoms with Crippen LogP contribution in [0.4, 0.5) is 0 Å². The van der Waals surface area contributed by atoms with Crippen LogP contribution in [0.3, 0.4) is 0 Å². The minimum atomic E-state index is -0.0319. The van der Waals surface area contributed by atoms with Gasteiger partial charge in [-0.05, 0) is 42.5 Å². The molecule has 0 saturated carbocycles. The Kier molecular flexibility index (Phi) is 4.10. The van der Waals surface area contributed by atoms with Crippen LogP contribution in [0.2, 0.25) is 0 Å². The van der Waals surface area contributed by atoms with Crippen molar-refractivity contribution in [3.8, 4) is 22.6 Å². The van der Waals surface area contributed by atoms with E-state index in [9.17, 15) is 10.2 Å². The van der Waals surface area contributed by atoms with Crippen LogP contribution in [0.1, 0.15) is 30.9 Å². The fourth-order valence-corrected chi connectivity index (χ4v) is 2.39. The summed E-state index contributed by atoms with van der Waals surface area (Å²) >= 11 is 0. The van der Waals surface area contributed by atoms with Gasteiger partial charge in [0.25, 0.3) is 0 Å². The Morgan fingerprint density at radius 1 is 1.05 bits per heavy atom. The highest BCUT2D eigenvalue weighted by atomic mass is 16.3. The van der Waals surface area contributed by atoms with E-state index in [0.29, 0.717) is 0 Å². The zero-order chi connectivity index (χ0) is 13.8. The van der Waals surface area contributed by atoms with Gasteiger partial charge in [-0.2, -0.15) is 0 Å². The zero-order valence-corrected chi connectivity index (χ0v) is 11.5. The molecule has 2 N–H and O–H groups in total. The van der Waals surface area contributed by atoms with Crippen molar-refractivity contribution < 1.29 is 10.2 Å². The Morgan fingerprint density at radius 2 is 1.74 bits per heavy atom. The molecule has 0 aliphatic heterocycles. The van der Waals surface area contributed by atoms with Crippen LogP contribution >= 0.6 is 0 Å². The Labute approximate surface area is 114 Å². The molecule has 2 aromatic carbocycles. The van der Waals surface area contributed by atoms with Crippen molar-refractivity contribution >= 4 is 0 Å². The van der Waals surface area contributed by atoms with Gasteiger partial charge in [0.05, 0.1) is 0 Å². The van der Waals surface area contributed by atoms with Crippen LogP contribution in [-0.2, 0) is 6.42 Å². The molecular weight excluding hydrogens is 236 g/mol. The highest BCUT2D eigenvalue weighted by Crippen LogP contribution is 2.41. The van der Waals surface area contributed by atoms with Crippen molar-refractivity contribution in [1.29, 1.82) is 0 Å². The summed E-state index contributed by atoms with van der Waals surface area (Å²) in [5, 5.41) is 20.0. The minimum absolute atomic E-state index is 0.0241. The predicted molar refractivity (Wildman–Crippen MR) is 78.6 cm³/mol. The first-order valence-corrected chi connectivity index (χ1v) is 6.75. The maximum absolute atomic E-state index is 10.1. The third-order valence-electron chi connectivity index (χ3n) is 3.51. The number of rotatable bonds is 4. The van der Waals surface area contributed by atoms with E-state index in [1.54, 1.807) is 6.07 Å². The van der Waals surface area contributed by atoms with E-state index < -0.39 is 0 Å². The summed E-state index contributed by atoms with van der Waals surface area (Å²) in [4.78, 5) is 0. The lowest BCUT2D eigenvalue weighted by Gasteiger charge is -2.15. The lowest BCUT2D eigenvalue weighted by Crippen LogP contribution is -1.94. The maximum atomic E-state index is 10.1. The molecule has 0 aromatic heterocycles. The number of unbranched alkanes of at least 4 members (excludes halogenated alkanes) is 1. The monoisotopic (exact) mass is 256 g/mol. The van der Waals surface area contributed by atoms with Crippen LogP contribution in [0, 0.1) is 6.92 Å². The molecule has 0 saturated heterocycles. The van der Waals surface area contributed by atoms with Crippen molar-refractivity contribution in [2.75, 3.05) is 0 Å². The second kappa shape index (κ2) is 5.79. The van der Waals surface area contributed by atoms with Gasteiger partial charge < -0.3 is 10.2 Å². The van der Waals surface area contributed by atoms with Crippen molar-refractivity contribution in [3.63, 3.8) is 0 Å². The Bertz CT molecular complexity index is 559. The van der Waals surface area contributed by atoms with Gasteiger partial charge in [0, 0.05) is 5.56 Å². The molecule has 0 atom stereocenters. The molecule has 0 unspecified atom stereocenters. The number of benzene rings is 2. The van der Waals surface area contributed by atoms with E-state index in [1.165, 1.54) is 0 Å². The van der Waals surface area contributed by atoms with Crippen molar-refractivity contribution in [1.82, 2.24) is 0 Å². The van der Waals surface area contributed by atoms with E-state index >= 15 is 0 Å². The number of phenolic OH excluding ortho intramolecular Hbond substituents is 2. The highest BCUT2D eigenvalue weighted by Gasteiger charge is 2.15. The van der Waals surface area contributed by atoms with Crippen LogP contribution in [0.25, 0.3) is 11.1 Å². The average molecular weight is 256 g/mol. The average Bonchev–Trinajstić information content (AvgIpc) is 2.43. The molecule has 0 amide bonds. The Balaban J connectivity index is 2.56. The molecule has 2 rings (SSSR count). The molecule has 0 radical (unpaired) electrons. The standard InChI is InChI=1S/C17H20O2/c1-3-4-8-14-11-15(18)17(19)16(12(14)2)13-9-6-5-7-10-13/h5-7,9-11,18-19H,3-4,8H2,1-2H3. The molecule has 0 aliphatic carbocycles. The molecule has 100 valence electrons. The second-order valence-electron chi connectivity index (χ2n) is 4.87. The molecule has 0 fully saturated rings. The van der Waals surface area contributed by atoms with Crippen LogP contribution in [0.5, 0.6) is 11.5 Å². The van der Waals surface area contributed by atoms with Crippen LogP contribution in [-0.4, -0.2) is 10.2 Å². The topological polar surface area (TPSA) is 40.5 Å². The van der Waals surface area contributed by atoms with Gasteiger partial charge in [-0.3, -0.25) is 0 Å². The fourth-order valence-electron chi connectivity index (χ4n) is 2.39. The van der Waals surface area contributed by atoms with Crippen molar-refractivity contribution in [2.24, 2.45) is 0 Å². The summed E-state index contributed by atoms with van der Waals surface area (Å²) < 4.78 is 0. The quantitative estimate of drug-likeness (QED) is 0.795. The van der Waals surface area contributed by atoms with Crippen LogP contribution in [0.15, 0.2) is 36.4 Å². The summed E-state index contributed by atoms with van der Waals surface area (Å²) in [6, 6.07) is 11.4. The second-order valence-corrected chi connectivity index (χ2v) is 4.87. The van der Waals surface area contributed by atoms with Gasteiger partial charge in [0.15, 0.2) is 11.5 Å². The third kappa shape index (κ3) is 2.73. The van der Waals surface area contributed by atoms with Crippen molar-refractivity contribution in [3.05, 3.63) is 47.5 Å². The summed E-state index contributed by atoms with van der Waals surface area (Å²) in [6.07, 6.45) is 3.12. The zero-order valence-electron chi connectivity index (χ0n) is 11.5. The molecular formula is C17H20O2. The molecule has 0 aliphatic rings. The number of aromatic hydroxyl groups is 2. The molecule has 0 bridgehead atoms. The summed E-state index contributed by atoms with van der Waals surface area (Å²) in [5.74, 6) is -0.0560. The lowest BCUT2D eigenvalue weighted by molar-refractivity contribution is 0.404. The van der Waals surface area contributed by atoms with Crippen molar-refractivity contribution in [2.45, 2.75) is 33.1 Å². The normalized spacial score (nSPS) is 10.6. The van der Waals surface area contributed by atoms with E-state index in [0.717, 1.165) is 41.5 Å². The molecule has 2 nitrogen and oxygen atoms in total. The number of aryl methyl sites for hydroxylation is 1. The molecule has 19 heavy (non-hydrogen) atoms. The first-order chi connectivity index (χ1) is 9.15. The van der Waals surface area contributed by atoms with Gasteiger partial charge in [-0.25, -0.2) is 0 Å². The number of phenols is 2. The molecule has 0 spiro atoms. The van der Waals surface area contributed by atoms with Gasteiger partial charge >= 0.3 is 0 Å². The summed E-state index contributed by atoms with van der Waals surface area (Å²) in [6.45, 7) is 4.15. The first kappa shape index (κ1) is 13.5. The SMILES string of the molecule is CCCCc1cc(O)c(O)c(-c2ccccc2)c1C. The smallest absolute Gasteiger partial charge is 0.165 e. The third-order valence-corrected chi connectivity index (χ3v) is 3.51. The molecule has 0 heterocycles. The molecule has 2 heteroatoms. The number of hydrogen-bond donors (Lipinski definition) is 2. The Hall–Kier alpha value is -1.96. The summed E-state index contributed by atoms with van der Waals surface area (Å²) in [7, 11) is 0. The number of hydrogen-bond acceptors (Lipinski definition) is 2. The van der Waals surface area contributed by atoms with E-state index in [-0.39, 0.29) is 11.5 Å². The molecule has 2 aromatic rings. The van der Waals surface area contributed by atoms with Gasteiger partial charge in [0.1, 0.15) is 0 Å². The van der Waals surface area contributed by atoms with E-state index in [2.05, 4.69) is 6.92 Å². The van der Waals surface area contributed by atoms with E-state index in [1.807, 2.05) is 37.3 Å². The van der Waals surface area contributed by atoms with E-state index in [4.69, 9.17) is 0 Å². The Morgan fingerprint density at radius 3 is 2.37 bits per heavy atom. The van der Waals surface area contributed by atoms with Gasteiger partial charge in [-0.1, -0.05) is 43.7 Å². The highest BCUT2D eigenvalue weighted by molar-refractivity contribution is 5.77. The van der Waals surface area contributed by atoms with Gasteiger partial charge in [-0.15, -0.1) is 0 Å².